The molecule has 4 aromatic rings. The number of aromatic nitrogens is 4. The van der Waals surface area contributed by atoms with Crippen LogP contribution >= 0.6 is 11.8 Å². The first-order chi connectivity index (χ1) is 13.9. The molecule has 0 saturated carbocycles. The van der Waals surface area contributed by atoms with Crippen molar-refractivity contribution in [3.05, 3.63) is 59.5 Å². The number of anilines is 1. The lowest BCUT2D eigenvalue weighted by Crippen LogP contribution is -2.23. The van der Waals surface area contributed by atoms with Crippen LogP contribution in [0.2, 0.25) is 0 Å². The lowest BCUT2D eigenvalue weighted by Gasteiger charge is -2.09. The number of amides is 1. The van der Waals surface area contributed by atoms with Gasteiger partial charge in [-0.15, -0.1) is 0 Å². The largest absolute Gasteiger partial charge is 0.360 e. The van der Waals surface area contributed by atoms with Crippen LogP contribution in [0.25, 0.3) is 16.8 Å². The van der Waals surface area contributed by atoms with Gasteiger partial charge in [-0.25, -0.2) is 9.50 Å². The molecule has 0 unspecified atom stereocenters. The molecule has 148 valence electrons. The van der Waals surface area contributed by atoms with Crippen molar-refractivity contribution in [1.82, 2.24) is 19.8 Å². The monoisotopic (exact) mass is 407 g/mol. The van der Waals surface area contributed by atoms with Gasteiger partial charge in [-0.05, 0) is 39.3 Å². The number of carbonyl (C=O) groups excluding carboxylic acids is 1. The molecule has 0 aliphatic rings. The van der Waals surface area contributed by atoms with E-state index in [-0.39, 0.29) is 5.91 Å². The molecule has 0 fully saturated rings. The van der Waals surface area contributed by atoms with E-state index in [9.17, 15) is 4.79 Å². The van der Waals surface area contributed by atoms with E-state index in [2.05, 4.69) is 22.5 Å². The Morgan fingerprint density at radius 3 is 2.62 bits per heavy atom. The molecule has 1 atom stereocenters. The molecule has 8 heteroatoms. The highest BCUT2D eigenvalue weighted by atomic mass is 32.2. The number of benzene rings is 1. The fraction of sp³-hybridized carbons (Fsp3) is 0.238. The summed E-state index contributed by atoms with van der Waals surface area (Å²) in [6, 6.07) is 13.7. The second-order valence-electron chi connectivity index (χ2n) is 6.91. The average molecular weight is 407 g/mol. The van der Waals surface area contributed by atoms with Crippen molar-refractivity contribution < 1.29 is 9.32 Å². The minimum atomic E-state index is -0.399. The standard InChI is InChI=1S/C21H21N5O2S/c1-12-10-13(2)24-26-19(12)18(16-8-6-5-7-9-16)23-21(26)29-15(4)20(27)22-17-11-14(3)28-25-17/h5-11,15H,1-4H3,(H,22,25,27)/t15-/m0/s1. The molecule has 3 aromatic heterocycles. The molecule has 0 aliphatic heterocycles. The molecule has 0 radical (unpaired) electrons. The van der Waals surface area contributed by atoms with Crippen molar-refractivity contribution in [2.45, 2.75) is 38.1 Å². The van der Waals surface area contributed by atoms with Crippen LogP contribution in [0.4, 0.5) is 5.82 Å². The molecule has 1 aromatic carbocycles. The molecule has 7 nitrogen and oxygen atoms in total. The van der Waals surface area contributed by atoms with Gasteiger partial charge >= 0.3 is 0 Å². The van der Waals surface area contributed by atoms with Crippen molar-refractivity contribution in [2.75, 3.05) is 5.32 Å². The van der Waals surface area contributed by atoms with Crippen molar-refractivity contribution in [3.63, 3.8) is 0 Å². The number of rotatable bonds is 5. The number of thioether (sulfide) groups is 1. The minimum absolute atomic E-state index is 0.175. The summed E-state index contributed by atoms with van der Waals surface area (Å²) in [4.78, 5) is 17.4. The van der Waals surface area contributed by atoms with Crippen LogP contribution in [0.15, 0.2) is 52.1 Å². The molecule has 0 bridgehead atoms. The first-order valence-electron chi connectivity index (χ1n) is 9.25. The van der Waals surface area contributed by atoms with Crippen LogP contribution in [0.5, 0.6) is 0 Å². The zero-order valence-electron chi connectivity index (χ0n) is 16.6. The maximum Gasteiger partial charge on any atom is 0.238 e. The number of fused-ring (bicyclic) bond motifs is 1. The van der Waals surface area contributed by atoms with Crippen LogP contribution in [0.1, 0.15) is 23.9 Å². The van der Waals surface area contributed by atoms with Crippen molar-refractivity contribution in [2.24, 2.45) is 0 Å². The smallest absolute Gasteiger partial charge is 0.238 e. The molecule has 0 spiro atoms. The third-order valence-corrected chi connectivity index (χ3v) is 5.50. The van der Waals surface area contributed by atoms with Crippen molar-refractivity contribution in [1.29, 1.82) is 0 Å². The van der Waals surface area contributed by atoms with Crippen molar-refractivity contribution >= 4 is 29.0 Å². The molecular weight excluding hydrogens is 386 g/mol. The van der Waals surface area contributed by atoms with Crippen molar-refractivity contribution in [3.8, 4) is 11.3 Å². The topological polar surface area (TPSA) is 85.3 Å². The average Bonchev–Trinajstić information content (AvgIpc) is 3.26. The number of imidazole rings is 1. The molecule has 29 heavy (non-hydrogen) atoms. The van der Waals surface area contributed by atoms with E-state index in [1.807, 2.05) is 54.8 Å². The van der Waals surface area contributed by atoms with Crippen LogP contribution < -0.4 is 5.32 Å². The van der Waals surface area contributed by atoms with Crippen LogP contribution in [0.3, 0.4) is 0 Å². The number of hydrogen-bond donors (Lipinski definition) is 1. The molecule has 4 rings (SSSR count). The molecule has 1 amide bonds. The van der Waals surface area contributed by atoms with Gasteiger partial charge in [-0.3, -0.25) is 4.79 Å². The maximum atomic E-state index is 12.6. The summed E-state index contributed by atoms with van der Waals surface area (Å²) in [5.74, 6) is 0.871. The fourth-order valence-corrected chi connectivity index (χ4v) is 4.00. The van der Waals surface area contributed by atoms with Crippen LogP contribution in [-0.2, 0) is 4.79 Å². The predicted octanol–water partition coefficient (Wildman–Crippen LogP) is 4.43. The zero-order chi connectivity index (χ0) is 20.5. The van der Waals surface area contributed by atoms with Gasteiger partial charge in [0, 0.05) is 11.6 Å². The zero-order valence-corrected chi connectivity index (χ0v) is 17.4. The number of nitrogens with one attached hydrogen (secondary N) is 1. The Hall–Kier alpha value is -3.13. The summed E-state index contributed by atoms with van der Waals surface area (Å²) in [5, 5.41) is 11.5. The maximum absolute atomic E-state index is 12.6. The Balaban J connectivity index is 1.69. The second kappa shape index (κ2) is 7.71. The van der Waals surface area contributed by atoms with Gasteiger partial charge in [-0.1, -0.05) is 47.3 Å². The van der Waals surface area contributed by atoms with Gasteiger partial charge in [0.1, 0.15) is 5.76 Å². The van der Waals surface area contributed by atoms with E-state index < -0.39 is 5.25 Å². The second-order valence-corrected chi connectivity index (χ2v) is 8.22. The summed E-state index contributed by atoms with van der Waals surface area (Å²) in [6.07, 6.45) is 0. The third-order valence-electron chi connectivity index (χ3n) is 4.46. The first kappa shape index (κ1) is 19.2. The molecular formula is C21H21N5O2S. The van der Waals surface area contributed by atoms with E-state index in [4.69, 9.17) is 9.51 Å². The summed E-state index contributed by atoms with van der Waals surface area (Å²) in [5.41, 5.74) is 4.80. The lowest BCUT2D eigenvalue weighted by atomic mass is 10.1. The SMILES string of the molecule is Cc1cc(C)c2c(-c3ccccc3)nc(S[C@@H](C)C(=O)Nc3cc(C)on3)n2n1. The Kier molecular flexibility index (Phi) is 5.10. The van der Waals surface area contributed by atoms with Gasteiger partial charge in [-0.2, -0.15) is 5.10 Å². The van der Waals surface area contributed by atoms with E-state index in [0.717, 1.165) is 28.0 Å². The Morgan fingerprint density at radius 2 is 1.93 bits per heavy atom. The van der Waals surface area contributed by atoms with E-state index in [1.54, 1.807) is 13.0 Å². The molecule has 0 saturated heterocycles. The fourth-order valence-electron chi connectivity index (χ4n) is 3.15. The summed E-state index contributed by atoms with van der Waals surface area (Å²) in [7, 11) is 0. The molecule has 0 aliphatic carbocycles. The minimum Gasteiger partial charge on any atom is -0.360 e. The van der Waals surface area contributed by atoms with Gasteiger partial charge in [0.25, 0.3) is 0 Å². The summed E-state index contributed by atoms with van der Waals surface area (Å²) < 4.78 is 6.84. The Morgan fingerprint density at radius 1 is 1.17 bits per heavy atom. The highest BCUT2D eigenvalue weighted by Gasteiger charge is 2.22. The van der Waals surface area contributed by atoms with E-state index >= 15 is 0 Å². The number of carbonyl (C=O) groups is 1. The van der Waals surface area contributed by atoms with E-state index in [1.165, 1.54) is 11.8 Å². The van der Waals surface area contributed by atoms with Crippen LogP contribution in [0, 0.1) is 20.8 Å². The van der Waals surface area contributed by atoms with Gasteiger partial charge in [0.2, 0.25) is 5.91 Å². The van der Waals surface area contributed by atoms with Gasteiger partial charge < -0.3 is 9.84 Å². The van der Waals surface area contributed by atoms with Crippen LogP contribution in [-0.4, -0.2) is 30.9 Å². The highest BCUT2D eigenvalue weighted by Crippen LogP contribution is 2.32. The Labute approximate surface area is 172 Å². The highest BCUT2D eigenvalue weighted by molar-refractivity contribution is 8.00. The predicted molar refractivity (Wildman–Crippen MR) is 113 cm³/mol. The van der Waals surface area contributed by atoms with Gasteiger partial charge in [0.05, 0.1) is 22.2 Å². The number of nitrogens with zero attached hydrogens (tertiary/aromatic N) is 4. The first-order valence-corrected chi connectivity index (χ1v) is 10.1. The number of aryl methyl sites for hydroxylation is 3. The van der Waals surface area contributed by atoms with E-state index in [0.29, 0.717) is 16.7 Å². The molecule has 3 heterocycles. The third kappa shape index (κ3) is 3.88. The van der Waals surface area contributed by atoms with Gasteiger partial charge in [0.15, 0.2) is 11.0 Å². The Bertz CT molecular complexity index is 1180. The quantitative estimate of drug-likeness (QED) is 0.493. The summed E-state index contributed by atoms with van der Waals surface area (Å²) >= 11 is 1.36. The lowest BCUT2D eigenvalue weighted by molar-refractivity contribution is -0.115. The summed E-state index contributed by atoms with van der Waals surface area (Å²) in [6.45, 7) is 7.61. The normalized spacial score (nSPS) is 12.3. The number of hydrogen-bond acceptors (Lipinski definition) is 6. The molecule has 1 N–H and O–H groups in total.